The Kier molecular flexibility index (Phi) is 3.71. The number of hydrogen-bond donors (Lipinski definition) is 1. The van der Waals surface area contributed by atoms with Crippen LogP contribution in [0.1, 0.15) is 35.8 Å². The monoisotopic (exact) mass is 254 g/mol. The second-order valence-electron chi connectivity index (χ2n) is 4.71. The number of piperidine rings is 1. The first kappa shape index (κ1) is 13.1. The molecule has 0 atom stereocenters. The van der Waals surface area contributed by atoms with E-state index in [-0.39, 0.29) is 17.4 Å². The van der Waals surface area contributed by atoms with E-state index in [1.165, 1.54) is 18.3 Å². The van der Waals surface area contributed by atoms with Gasteiger partial charge >= 0.3 is 0 Å². The average Bonchev–Trinajstić information content (AvgIpc) is 2.38. The van der Waals surface area contributed by atoms with Crippen LogP contribution in [0.15, 0.2) is 18.3 Å². The van der Waals surface area contributed by atoms with Crippen molar-refractivity contribution in [1.29, 1.82) is 0 Å². The fraction of sp³-hybridized carbons (Fsp3) is 0.538. The molecule has 0 aromatic carbocycles. The summed E-state index contributed by atoms with van der Waals surface area (Å²) in [5, 5.41) is 3.18. The van der Waals surface area contributed by atoms with Crippen LogP contribution in [0.4, 0.5) is 8.78 Å². The van der Waals surface area contributed by atoms with E-state index in [0.717, 1.165) is 32.9 Å². The zero-order valence-electron chi connectivity index (χ0n) is 10.2. The van der Waals surface area contributed by atoms with Crippen molar-refractivity contribution in [1.82, 2.24) is 10.3 Å². The summed E-state index contributed by atoms with van der Waals surface area (Å²) in [6, 6.07) is 2.68. The predicted molar refractivity (Wildman–Crippen MR) is 63.7 cm³/mol. The number of alkyl halides is 2. The lowest BCUT2D eigenvalue weighted by atomic mass is 9.90. The number of hydrogen-bond acceptors (Lipinski definition) is 3. The molecule has 0 amide bonds. The van der Waals surface area contributed by atoms with Gasteiger partial charge in [0.25, 0.3) is 5.92 Å². The molecule has 1 aromatic rings. The Morgan fingerprint density at radius 3 is 2.56 bits per heavy atom. The van der Waals surface area contributed by atoms with Crippen LogP contribution in [-0.4, -0.2) is 23.9 Å². The minimum Gasteiger partial charge on any atom is -0.317 e. The average molecular weight is 254 g/mol. The SMILES string of the molecule is CC(F)(F)c1ccc(C(=O)C2CCNCC2)cn1. The van der Waals surface area contributed by atoms with Crippen LogP contribution in [-0.2, 0) is 5.92 Å². The maximum absolute atomic E-state index is 13.0. The number of aromatic nitrogens is 1. The zero-order chi connectivity index (χ0) is 13.2. The summed E-state index contributed by atoms with van der Waals surface area (Å²) >= 11 is 0. The Morgan fingerprint density at radius 1 is 1.39 bits per heavy atom. The number of ketones is 1. The highest BCUT2D eigenvalue weighted by Gasteiger charge is 2.27. The highest BCUT2D eigenvalue weighted by Crippen LogP contribution is 2.25. The third-order valence-corrected chi connectivity index (χ3v) is 3.21. The number of nitrogens with zero attached hydrogens (tertiary/aromatic N) is 1. The molecule has 1 aliphatic rings. The van der Waals surface area contributed by atoms with Crippen LogP contribution in [0.2, 0.25) is 0 Å². The lowest BCUT2D eigenvalue weighted by Crippen LogP contribution is -2.32. The molecule has 2 heterocycles. The minimum absolute atomic E-state index is 0.00923. The minimum atomic E-state index is -2.96. The van der Waals surface area contributed by atoms with Crippen LogP contribution in [0.25, 0.3) is 0 Å². The molecule has 0 spiro atoms. The Morgan fingerprint density at radius 2 is 2.06 bits per heavy atom. The van der Waals surface area contributed by atoms with E-state index < -0.39 is 5.92 Å². The van der Waals surface area contributed by atoms with Gasteiger partial charge in [0.1, 0.15) is 5.69 Å². The van der Waals surface area contributed by atoms with Gasteiger partial charge in [-0.15, -0.1) is 0 Å². The molecule has 1 saturated heterocycles. The van der Waals surface area contributed by atoms with Crippen LogP contribution < -0.4 is 5.32 Å². The van der Waals surface area contributed by atoms with E-state index >= 15 is 0 Å². The molecule has 98 valence electrons. The summed E-state index contributed by atoms with van der Waals surface area (Å²) in [6.07, 6.45) is 2.85. The van der Waals surface area contributed by atoms with Gasteiger partial charge in [0.2, 0.25) is 0 Å². The van der Waals surface area contributed by atoms with Crippen LogP contribution in [0.5, 0.6) is 0 Å². The third-order valence-electron chi connectivity index (χ3n) is 3.21. The molecule has 18 heavy (non-hydrogen) atoms. The molecule has 3 nitrogen and oxygen atoms in total. The first-order chi connectivity index (χ1) is 8.48. The van der Waals surface area contributed by atoms with E-state index in [0.29, 0.717) is 5.56 Å². The van der Waals surface area contributed by atoms with Crippen LogP contribution in [0.3, 0.4) is 0 Å². The zero-order valence-corrected chi connectivity index (χ0v) is 10.2. The van der Waals surface area contributed by atoms with Gasteiger partial charge in [-0.3, -0.25) is 9.78 Å². The van der Waals surface area contributed by atoms with Crippen molar-refractivity contribution in [3.05, 3.63) is 29.6 Å². The van der Waals surface area contributed by atoms with Crippen molar-refractivity contribution in [2.45, 2.75) is 25.7 Å². The fourth-order valence-electron chi connectivity index (χ4n) is 2.12. The second-order valence-corrected chi connectivity index (χ2v) is 4.71. The second kappa shape index (κ2) is 5.10. The molecule has 0 saturated carbocycles. The van der Waals surface area contributed by atoms with Crippen LogP contribution in [0, 0.1) is 5.92 Å². The third kappa shape index (κ3) is 2.90. The number of carbonyl (C=O) groups is 1. The van der Waals surface area contributed by atoms with Gasteiger partial charge in [-0.2, -0.15) is 8.78 Å². The quantitative estimate of drug-likeness (QED) is 0.842. The summed E-state index contributed by atoms with van der Waals surface area (Å²) in [7, 11) is 0. The number of pyridine rings is 1. The van der Waals surface area contributed by atoms with E-state index in [2.05, 4.69) is 10.3 Å². The molecule has 5 heteroatoms. The summed E-state index contributed by atoms with van der Waals surface area (Å²) < 4.78 is 26.0. The maximum Gasteiger partial charge on any atom is 0.286 e. The van der Waals surface area contributed by atoms with Gasteiger partial charge in [-0.05, 0) is 38.1 Å². The molecule has 1 fully saturated rings. The van der Waals surface area contributed by atoms with Crippen molar-refractivity contribution in [2.75, 3.05) is 13.1 Å². The van der Waals surface area contributed by atoms with E-state index in [4.69, 9.17) is 0 Å². The van der Waals surface area contributed by atoms with Gasteiger partial charge in [0.15, 0.2) is 5.78 Å². The Bertz CT molecular complexity index is 420. The molecule has 1 aromatic heterocycles. The number of carbonyl (C=O) groups excluding carboxylic acids is 1. The molecular formula is C13H16F2N2O. The first-order valence-corrected chi connectivity index (χ1v) is 6.08. The fourth-order valence-corrected chi connectivity index (χ4v) is 2.12. The van der Waals surface area contributed by atoms with Gasteiger partial charge in [0.05, 0.1) is 0 Å². The molecule has 0 bridgehead atoms. The molecule has 0 aliphatic carbocycles. The Balaban J connectivity index is 2.11. The number of halogens is 2. The van der Waals surface area contributed by atoms with Crippen molar-refractivity contribution in [3.63, 3.8) is 0 Å². The summed E-state index contributed by atoms with van der Waals surface area (Å²) in [4.78, 5) is 15.8. The van der Waals surface area contributed by atoms with Crippen LogP contribution >= 0.6 is 0 Å². The smallest absolute Gasteiger partial charge is 0.286 e. The maximum atomic E-state index is 13.0. The van der Waals surface area contributed by atoms with Gasteiger partial charge in [-0.25, -0.2) is 0 Å². The normalized spacial score (nSPS) is 17.7. The number of rotatable bonds is 3. The standard InChI is InChI=1S/C13H16F2N2O/c1-13(14,15)11-3-2-10(8-17-11)12(18)9-4-6-16-7-5-9/h2-3,8-9,16H,4-7H2,1H3. The lowest BCUT2D eigenvalue weighted by molar-refractivity contribution is 0.0127. The Hall–Kier alpha value is -1.36. The van der Waals surface area contributed by atoms with E-state index in [9.17, 15) is 13.6 Å². The Labute approximate surface area is 105 Å². The molecule has 1 N–H and O–H groups in total. The molecule has 1 aliphatic heterocycles. The summed E-state index contributed by atoms with van der Waals surface area (Å²) in [6.45, 7) is 2.45. The lowest BCUT2D eigenvalue weighted by Gasteiger charge is -2.21. The summed E-state index contributed by atoms with van der Waals surface area (Å²) in [5.74, 6) is -2.97. The van der Waals surface area contributed by atoms with E-state index in [1.807, 2.05) is 0 Å². The topological polar surface area (TPSA) is 42.0 Å². The molecular weight excluding hydrogens is 238 g/mol. The van der Waals surface area contributed by atoms with Gasteiger partial charge in [-0.1, -0.05) is 0 Å². The predicted octanol–water partition coefficient (Wildman–Crippen LogP) is 2.38. The van der Waals surface area contributed by atoms with Gasteiger partial charge in [0, 0.05) is 24.6 Å². The first-order valence-electron chi connectivity index (χ1n) is 6.08. The highest BCUT2D eigenvalue weighted by molar-refractivity contribution is 5.97. The van der Waals surface area contributed by atoms with Crippen molar-refractivity contribution >= 4 is 5.78 Å². The molecule has 0 radical (unpaired) electrons. The van der Waals surface area contributed by atoms with Crippen molar-refractivity contribution in [3.8, 4) is 0 Å². The van der Waals surface area contributed by atoms with Crippen molar-refractivity contribution in [2.24, 2.45) is 5.92 Å². The largest absolute Gasteiger partial charge is 0.317 e. The number of nitrogens with one attached hydrogen (secondary N) is 1. The molecule has 2 rings (SSSR count). The van der Waals surface area contributed by atoms with Crippen molar-refractivity contribution < 1.29 is 13.6 Å². The highest BCUT2D eigenvalue weighted by atomic mass is 19.3. The van der Waals surface area contributed by atoms with Gasteiger partial charge < -0.3 is 5.32 Å². The van der Waals surface area contributed by atoms with E-state index in [1.54, 1.807) is 0 Å². The molecule has 0 unspecified atom stereocenters. The number of Topliss-reactive ketones (excluding diaryl/α,β-unsaturated/α-hetero) is 1. The summed E-state index contributed by atoms with van der Waals surface area (Å²) in [5.41, 5.74) is 0.124.